The van der Waals surface area contributed by atoms with Crippen LogP contribution in [0.5, 0.6) is 0 Å². The van der Waals surface area contributed by atoms with Gasteiger partial charge in [-0.3, -0.25) is 4.55 Å². The maximum absolute atomic E-state index is 10.7. The molecule has 0 fully saturated rings. The number of rotatable bonds is 4. The number of carbonyl (C=O) groups is 2. The van der Waals surface area contributed by atoms with Gasteiger partial charge < -0.3 is 19.8 Å². The van der Waals surface area contributed by atoms with Gasteiger partial charge in [0.25, 0.3) is 10.1 Å². The minimum atomic E-state index is -4.70. The third-order valence-corrected chi connectivity index (χ3v) is 3.01. The van der Waals surface area contributed by atoms with Crippen molar-refractivity contribution in [3.63, 3.8) is 0 Å². The maximum atomic E-state index is 10.7. The molecule has 0 bridgehead atoms. The molecule has 7 nitrogen and oxygen atoms in total. The summed E-state index contributed by atoms with van der Waals surface area (Å²) < 4.78 is 30.1. The normalized spacial score (nSPS) is 9.41. The van der Waals surface area contributed by atoms with Crippen molar-refractivity contribution in [1.29, 1.82) is 0 Å². The second kappa shape index (κ2) is 12.5. The number of hydrogen-bond donors (Lipinski definition) is 1. The van der Waals surface area contributed by atoms with E-state index >= 15 is 0 Å². The Morgan fingerprint density at radius 3 is 1.45 bits per heavy atom. The fraction of sp³-hybridized carbons (Fsp3) is 0.333. The van der Waals surface area contributed by atoms with E-state index in [9.17, 15) is 28.2 Å². The SMILES string of the molecule is CCCC.O=C([O-])c1cc(C(=O)[O-])cc(S(=O)(=O)O)c1.[Na+].[Na+]. The van der Waals surface area contributed by atoms with Crippen molar-refractivity contribution in [2.24, 2.45) is 0 Å². The van der Waals surface area contributed by atoms with Crippen molar-refractivity contribution < 1.29 is 91.9 Å². The number of hydrogen-bond acceptors (Lipinski definition) is 6. The van der Waals surface area contributed by atoms with Crippen LogP contribution in [0.25, 0.3) is 0 Å². The smallest absolute Gasteiger partial charge is 0.545 e. The standard InChI is InChI=1S/C8H6O7S.C4H10.2Na/c9-7(10)4-1-5(8(11)12)3-6(2-4)16(13,14)15;1-3-4-2;;/h1-3H,(H,9,10)(H,11,12)(H,13,14,15);3-4H2,1-2H3;;/q;;2*+1/p-2. The molecule has 0 aromatic heterocycles. The molecule has 0 unspecified atom stereocenters. The maximum Gasteiger partial charge on any atom is 1.00 e. The molecule has 1 aromatic carbocycles. The van der Waals surface area contributed by atoms with Crippen LogP contribution in [0.15, 0.2) is 23.1 Å². The van der Waals surface area contributed by atoms with Crippen LogP contribution in [0.3, 0.4) is 0 Å². The van der Waals surface area contributed by atoms with Crippen LogP contribution in [0.1, 0.15) is 47.4 Å². The van der Waals surface area contributed by atoms with Crippen molar-refractivity contribution in [3.05, 3.63) is 29.3 Å². The Bertz CT molecular complexity index is 565. The Balaban J connectivity index is -0.000000538. The number of carboxylic acid groups (broad SMARTS) is 2. The summed E-state index contributed by atoms with van der Waals surface area (Å²) in [4.78, 5) is 20.1. The molecule has 1 rings (SSSR count). The Kier molecular flexibility index (Phi) is 15.3. The molecular formula is C12H14Na2O7S. The Labute approximate surface area is 173 Å². The predicted molar refractivity (Wildman–Crippen MR) is 65.5 cm³/mol. The van der Waals surface area contributed by atoms with Gasteiger partial charge in [-0.1, -0.05) is 26.7 Å². The summed E-state index contributed by atoms with van der Waals surface area (Å²) in [5, 5.41) is 20.9. The molecular weight excluding hydrogens is 334 g/mol. The summed E-state index contributed by atoms with van der Waals surface area (Å²) >= 11 is 0. The topological polar surface area (TPSA) is 135 Å². The van der Waals surface area contributed by atoms with Gasteiger partial charge in [0.2, 0.25) is 0 Å². The number of carbonyl (C=O) groups excluding carboxylic acids is 2. The molecule has 0 saturated carbocycles. The zero-order valence-corrected chi connectivity index (χ0v) is 17.8. The van der Waals surface area contributed by atoms with Gasteiger partial charge in [0, 0.05) is 0 Å². The predicted octanol–water partition coefficient (Wildman–Crippen LogP) is -6.53. The summed E-state index contributed by atoms with van der Waals surface area (Å²) in [5.74, 6) is -3.54. The number of benzene rings is 1. The molecule has 22 heavy (non-hydrogen) atoms. The molecule has 0 amide bonds. The largest absolute Gasteiger partial charge is 1.00 e. The zero-order valence-electron chi connectivity index (χ0n) is 13.0. The average molecular weight is 348 g/mol. The monoisotopic (exact) mass is 348 g/mol. The Morgan fingerprint density at radius 2 is 1.27 bits per heavy atom. The molecule has 1 N–H and O–H groups in total. The first-order valence-corrected chi connectivity index (χ1v) is 7.12. The first-order valence-electron chi connectivity index (χ1n) is 5.68. The minimum absolute atomic E-state index is 0. The van der Waals surface area contributed by atoms with Crippen LogP contribution in [0.4, 0.5) is 0 Å². The van der Waals surface area contributed by atoms with Crippen LogP contribution in [0, 0.1) is 0 Å². The van der Waals surface area contributed by atoms with E-state index in [1.54, 1.807) is 0 Å². The molecule has 0 aliphatic rings. The summed E-state index contributed by atoms with van der Waals surface area (Å²) in [5.41, 5.74) is -1.37. The van der Waals surface area contributed by atoms with Gasteiger partial charge in [-0.15, -0.1) is 0 Å². The Hall–Kier alpha value is 0.0700. The number of aromatic carboxylic acids is 2. The first-order chi connectivity index (χ1) is 9.13. The van der Waals surface area contributed by atoms with Crippen LogP contribution in [0.2, 0.25) is 0 Å². The van der Waals surface area contributed by atoms with Crippen LogP contribution in [-0.2, 0) is 10.1 Å². The summed E-state index contributed by atoms with van der Waals surface area (Å²) in [6.45, 7) is 4.36. The van der Waals surface area contributed by atoms with Gasteiger partial charge in [0.1, 0.15) is 0 Å². The van der Waals surface area contributed by atoms with Gasteiger partial charge in [-0.05, 0) is 29.3 Å². The molecule has 0 aliphatic carbocycles. The molecule has 0 heterocycles. The zero-order chi connectivity index (χ0) is 15.9. The third kappa shape index (κ3) is 9.96. The van der Waals surface area contributed by atoms with E-state index in [0.717, 1.165) is 0 Å². The average Bonchev–Trinajstić information content (AvgIpc) is 2.37. The number of carboxylic acids is 2. The number of unbranched alkanes of at least 4 members (excludes halogenated alkanes) is 1. The molecule has 0 aliphatic heterocycles. The van der Waals surface area contributed by atoms with E-state index in [1.807, 2.05) is 0 Å². The molecule has 0 saturated heterocycles. The van der Waals surface area contributed by atoms with E-state index in [2.05, 4.69) is 13.8 Å². The summed E-state index contributed by atoms with van der Waals surface area (Å²) in [6, 6.07) is 1.83. The van der Waals surface area contributed by atoms with E-state index < -0.39 is 38.1 Å². The van der Waals surface area contributed by atoms with Crippen LogP contribution >= 0.6 is 0 Å². The molecule has 0 radical (unpaired) electrons. The second-order valence-electron chi connectivity index (χ2n) is 3.80. The van der Waals surface area contributed by atoms with Gasteiger partial charge in [-0.2, -0.15) is 8.42 Å². The van der Waals surface area contributed by atoms with Crippen LogP contribution < -0.4 is 69.3 Å². The van der Waals surface area contributed by atoms with E-state index in [1.165, 1.54) is 12.8 Å². The second-order valence-corrected chi connectivity index (χ2v) is 5.22. The molecule has 112 valence electrons. The molecule has 0 spiro atoms. The minimum Gasteiger partial charge on any atom is -0.545 e. The fourth-order valence-corrected chi connectivity index (χ4v) is 1.54. The third-order valence-electron chi connectivity index (χ3n) is 2.18. The molecule has 0 atom stereocenters. The van der Waals surface area contributed by atoms with E-state index in [0.29, 0.717) is 18.2 Å². The summed E-state index contributed by atoms with van der Waals surface area (Å²) in [6.07, 6.45) is 2.64. The van der Waals surface area contributed by atoms with E-state index in [4.69, 9.17) is 4.55 Å². The van der Waals surface area contributed by atoms with Gasteiger partial charge in [0.15, 0.2) is 0 Å². The van der Waals surface area contributed by atoms with Crippen LogP contribution in [-0.4, -0.2) is 24.9 Å². The quantitative estimate of drug-likeness (QED) is 0.422. The first kappa shape index (κ1) is 26.9. The van der Waals surface area contributed by atoms with Crippen molar-refractivity contribution in [1.82, 2.24) is 0 Å². The van der Waals surface area contributed by atoms with Crippen molar-refractivity contribution in [2.75, 3.05) is 0 Å². The van der Waals surface area contributed by atoms with Crippen molar-refractivity contribution >= 4 is 22.1 Å². The van der Waals surface area contributed by atoms with Gasteiger partial charge >= 0.3 is 59.1 Å². The van der Waals surface area contributed by atoms with Crippen molar-refractivity contribution in [2.45, 2.75) is 31.6 Å². The fourth-order valence-electron chi connectivity index (χ4n) is 0.984. The summed E-state index contributed by atoms with van der Waals surface area (Å²) in [7, 11) is -4.70. The van der Waals surface area contributed by atoms with Crippen molar-refractivity contribution in [3.8, 4) is 0 Å². The van der Waals surface area contributed by atoms with Gasteiger partial charge in [-0.25, -0.2) is 0 Å². The molecule has 1 aromatic rings. The molecule has 10 heteroatoms. The van der Waals surface area contributed by atoms with E-state index in [-0.39, 0.29) is 59.1 Å². The Morgan fingerprint density at radius 1 is 0.955 bits per heavy atom. The van der Waals surface area contributed by atoms with Gasteiger partial charge in [0.05, 0.1) is 16.8 Å².